The van der Waals surface area contributed by atoms with Crippen LogP contribution in [0.4, 0.5) is 13.2 Å². The van der Waals surface area contributed by atoms with E-state index in [4.69, 9.17) is 0 Å². The summed E-state index contributed by atoms with van der Waals surface area (Å²) < 4.78 is 63.3. The van der Waals surface area contributed by atoms with Crippen LogP contribution < -0.4 is 0 Å². The van der Waals surface area contributed by atoms with Crippen molar-refractivity contribution in [1.82, 2.24) is 9.78 Å². The van der Waals surface area contributed by atoms with Gasteiger partial charge in [0.2, 0.25) is 0 Å². The van der Waals surface area contributed by atoms with E-state index in [0.717, 1.165) is 17.0 Å². The van der Waals surface area contributed by atoms with Crippen LogP contribution in [0.3, 0.4) is 0 Å². The number of nitrogens with zero attached hydrogens (tertiary/aromatic N) is 2. The van der Waals surface area contributed by atoms with E-state index in [0.29, 0.717) is 17.4 Å². The summed E-state index contributed by atoms with van der Waals surface area (Å²) in [7, 11) is -3.41. The van der Waals surface area contributed by atoms with Crippen LogP contribution in [0, 0.1) is 6.92 Å². The molecule has 146 valence electrons. The predicted molar refractivity (Wildman–Crippen MR) is 97.2 cm³/mol. The van der Waals surface area contributed by atoms with Crippen LogP contribution in [-0.2, 0) is 16.0 Å². The summed E-state index contributed by atoms with van der Waals surface area (Å²) >= 11 is 0. The molecule has 0 aliphatic heterocycles. The lowest BCUT2D eigenvalue weighted by Gasteiger charge is -2.11. The SMILES string of the molecule is Cc1cc(C(F)(F)F)nn1-c1ccc(-c2cccc(S(C)(=O)=O)c2)cc1C=O. The molecule has 2 aromatic carbocycles. The van der Waals surface area contributed by atoms with E-state index in [-0.39, 0.29) is 21.8 Å². The molecule has 9 heteroatoms. The third-order valence-corrected chi connectivity index (χ3v) is 5.27. The van der Waals surface area contributed by atoms with Crippen molar-refractivity contribution in [2.75, 3.05) is 6.26 Å². The minimum absolute atomic E-state index is 0.125. The minimum Gasteiger partial charge on any atom is -0.298 e. The summed E-state index contributed by atoms with van der Waals surface area (Å²) in [6.07, 6.45) is -2.98. The van der Waals surface area contributed by atoms with Crippen LogP contribution in [0.15, 0.2) is 53.4 Å². The number of aryl methyl sites for hydroxylation is 1. The summed E-state index contributed by atoms with van der Waals surface area (Å²) in [6.45, 7) is 1.46. The Bertz CT molecular complexity index is 1170. The summed E-state index contributed by atoms with van der Waals surface area (Å²) in [4.78, 5) is 11.7. The van der Waals surface area contributed by atoms with Crippen LogP contribution >= 0.6 is 0 Å². The molecule has 0 aliphatic rings. The highest BCUT2D eigenvalue weighted by Gasteiger charge is 2.34. The molecular formula is C19H15F3N2O3S. The van der Waals surface area contributed by atoms with E-state index in [1.807, 2.05) is 0 Å². The van der Waals surface area contributed by atoms with Gasteiger partial charge in [0.15, 0.2) is 21.8 Å². The van der Waals surface area contributed by atoms with Crippen molar-refractivity contribution in [2.45, 2.75) is 18.0 Å². The Labute approximate surface area is 159 Å². The van der Waals surface area contributed by atoms with E-state index in [1.165, 1.54) is 31.2 Å². The Hall–Kier alpha value is -2.94. The molecule has 0 bridgehead atoms. The lowest BCUT2D eigenvalue weighted by atomic mass is 10.0. The smallest absolute Gasteiger partial charge is 0.298 e. The van der Waals surface area contributed by atoms with Gasteiger partial charge in [-0.05, 0) is 48.4 Å². The fraction of sp³-hybridized carbons (Fsp3) is 0.158. The quantitative estimate of drug-likeness (QED) is 0.610. The fourth-order valence-corrected chi connectivity index (χ4v) is 3.45. The van der Waals surface area contributed by atoms with E-state index in [2.05, 4.69) is 5.10 Å². The van der Waals surface area contributed by atoms with Crippen molar-refractivity contribution < 1.29 is 26.4 Å². The molecule has 0 fully saturated rings. The highest BCUT2D eigenvalue weighted by Crippen LogP contribution is 2.31. The third-order valence-electron chi connectivity index (χ3n) is 4.16. The zero-order valence-corrected chi connectivity index (χ0v) is 15.7. The summed E-state index contributed by atoms with van der Waals surface area (Å²) in [6, 6.07) is 11.6. The predicted octanol–water partition coefficient (Wildman–Crippen LogP) is 4.08. The lowest BCUT2D eigenvalue weighted by molar-refractivity contribution is -0.141. The number of rotatable bonds is 4. The van der Waals surface area contributed by atoms with E-state index in [1.54, 1.807) is 18.2 Å². The number of carbonyl (C=O) groups excluding carboxylic acids is 1. The Morgan fingerprint density at radius 3 is 2.29 bits per heavy atom. The molecule has 1 aromatic heterocycles. The molecule has 0 unspecified atom stereocenters. The average molecular weight is 408 g/mol. The van der Waals surface area contributed by atoms with Crippen LogP contribution in [0.5, 0.6) is 0 Å². The van der Waals surface area contributed by atoms with Gasteiger partial charge in [0.25, 0.3) is 0 Å². The lowest BCUT2D eigenvalue weighted by Crippen LogP contribution is -2.08. The molecule has 0 N–H and O–H groups in total. The first-order valence-corrected chi connectivity index (χ1v) is 9.94. The second-order valence-electron chi connectivity index (χ2n) is 6.27. The van der Waals surface area contributed by atoms with Crippen LogP contribution in [0.2, 0.25) is 0 Å². The van der Waals surface area contributed by atoms with Crippen molar-refractivity contribution in [3.05, 3.63) is 65.5 Å². The van der Waals surface area contributed by atoms with Crippen molar-refractivity contribution in [3.8, 4) is 16.8 Å². The molecule has 3 rings (SSSR count). The number of carbonyl (C=O) groups is 1. The molecule has 1 heterocycles. The van der Waals surface area contributed by atoms with Gasteiger partial charge in [0, 0.05) is 17.5 Å². The molecular weight excluding hydrogens is 393 g/mol. The Balaban J connectivity index is 2.10. The molecule has 0 saturated carbocycles. The van der Waals surface area contributed by atoms with Gasteiger partial charge in [0.05, 0.1) is 10.6 Å². The maximum Gasteiger partial charge on any atom is 0.435 e. The van der Waals surface area contributed by atoms with E-state index < -0.39 is 21.7 Å². The van der Waals surface area contributed by atoms with Crippen LogP contribution in [0.25, 0.3) is 16.8 Å². The second kappa shape index (κ2) is 6.90. The summed E-state index contributed by atoms with van der Waals surface area (Å²) in [5, 5.41) is 3.56. The van der Waals surface area contributed by atoms with Gasteiger partial charge in [-0.25, -0.2) is 13.1 Å². The minimum atomic E-state index is -4.59. The van der Waals surface area contributed by atoms with Crippen molar-refractivity contribution >= 4 is 16.1 Å². The first-order chi connectivity index (χ1) is 13.0. The van der Waals surface area contributed by atoms with Crippen LogP contribution in [-0.4, -0.2) is 30.7 Å². The van der Waals surface area contributed by atoms with Gasteiger partial charge in [0.1, 0.15) is 0 Å². The maximum absolute atomic E-state index is 12.9. The topological polar surface area (TPSA) is 69.0 Å². The molecule has 0 saturated heterocycles. The monoisotopic (exact) mass is 408 g/mol. The zero-order chi connectivity index (χ0) is 20.7. The first kappa shape index (κ1) is 19.8. The number of alkyl halides is 3. The van der Waals surface area contributed by atoms with Gasteiger partial charge in [-0.2, -0.15) is 18.3 Å². The van der Waals surface area contributed by atoms with Gasteiger partial charge in [-0.1, -0.05) is 18.2 Å². The second-order valence-corrected chi connectivity index (χ2v) is 8.29. The highest BCUT2D eigenvalue weighted by atomic mass is 32.2. The summed E-state index contributed by atoms with van der Waals surface area (Å²) in [5.74, 6) is 0. The molecule has 0 radical (unpaired) electrons. The number of hydrogen-bond acceptors (Lipinski definition) is 4. The summed E-state index contributed by atoms with van der Waals surface area (Å²) in [5.41, 5.74) is 0.616. The number of hydrogen-bond donors (Lipinski definition) is 0. The Kier molecular flexibility index (Phi) is 4.88. The van der Waals surface area contributed by atoms with Crippen molar-refractivity contribution in [2.24, 2.45) is 0 Å². The molecule has 3 aromatic rings. The van der Waals surface area contributed by atoms with Gasteiger partial charge in [-0.15, -0.1) is 0 Å². The first-order valence-electron chi connectivity index (χ1n) is 8.04. The van der Waals surface area contributed by atoms with Gasteiger partial charge < -0.3 is 0 Å². The van der Waals surface area contributed by atoms with E-state index >= 15 is 0 Å². The number of aldehydes is 1. The largest absolute Gasteiger partial charge is 0.435 e. The highest BCUT2D eigenvalue weighted by molar-refractivity contribution is 7.90. The molecule has 0 spiro atoms. The van der Waals surface area contributed by atoms with Crippen molar-refractivity contribution in [3.63, 3.8) is 0 Å². The normalized spacial score (nSPS) is 12.2. The molecule has 0 amide bonds. The Morgan fingerprint density at radius 1 is 1.04 bits per heavy atom. The Morgan fingerprint density at radius 2 is 1.71 bits per heavy atom. The number of halogens is 3. The maximum atomic E-state index is 12.9. The number of aromatic nitrogens is 2. The zero-order valence-electron chi connectivity index (χ0n) is 14.9. The van der Waals surface area contributed by atoms with Gasteiger partial charge >= 0.3 is 6.18 Å². The third kappa shape index (κ3) is 3.84. The number of sulfone groups is 1. The molecule has 0 aliphatic carbocycles. The average Bonchev–Trinajstić information content (AvgIpc) is 3.02. The number of benzene rings is 2. The van der Waals surface area contributed by atoms with E-state index in [9.17, 15) is 26.4 Å². The molecule has 28 heavy (non-hydrogen) atoms. The van der Waals surface area contributed by atoms with Crippen LogP contribution in [0.1, 0.15) is 21.7 Å². The standard InChI is InChI=1S/C19H15F3N2O3S/c1-12-8-18(19(20,21)22)23-24(12)17-7-6-14(9-15(17)11-25)13-4-3-5-16(10-13)28(2,26)27/h3-11H,1-2H3. The molecule has 0 atom stereocenters. The molecule has 5 nitrogen and oxygen atoms in total. The van der Waals surface area contributed by atoms with Gasteiger partial charge in [-0.3, -0.25) is 4.79 Å². The van der Waals surface area contributed by atoms with Crippen molar-refractivity contribution in [1.29, 1.82) is 0 Å². The fourth-order valence-electron chi connectivity index (χ4n) is 2.78.